The van der Waals surface area contributed by atoms with Crippen LogP contribution in [0, 0.1) is 5.82 Å². The molecule has 0 spiro atoms. The molecule has 0 aliphatic carbocycles. The zero-order chi connectivity index (χ0) is 15.6. The van der Waals surface area contributed by atoms with Gasteiger partial charge in [-0.2, -0.15) is 5.10 Å². The van der Waals surface area contributed by atoms with Crippen molar-refractivity contribution in [3.63, 3.8) is 0 Å². The minimum Gasteiger partial charge on any atom is -0.379 e. The van der Waals surface area contributed by atoms with Gasteiger partial charge < -0.3 is 10.1 Å². The van der Waals surface area contributed by atoms with Crippen molar-refractivity contribution >= 4 is 5.91 Å². The lowest BCUT2D eigenvalue weighted by atomic mass is 9.95. The van der Waals surface area contributed by atoms with Gasteiger partial charge in [-0.3, -0.25) is 4.79 Å². The fourth-order valence-electron chi connectivity index (χ4n) is 2.55. The lowest BCUT2D eigenvalue weighted by molar-refractivity contribution is 0.0271. The van der Waals surface area contributed by atoms with Crippen molar-refractivity contribution in [1.82, 2.24) is 15.1 Å². The summed E-state index contributed by atoms with van der Waals surface area (Å²) in [4.78, 5) is 12.3. The van der Waals surface area contributed by atoms with Gasteiger partial charge in [0, 0.05) is 12.8 Å². The SMILES string of the molecule is CC1(NC(=O)c2ccn(-c3ccc(F)cc3)n2)CCCOC1. The molecule has 1 aliphatic rings. The van der Waals surface area contributed by atoms with Crippen LogP contribution >= 0.6 is 0 Å². The lowest BCUT2D eigenvalue weighted by Crippen LogP contribution is -2.51. The molecule has 1 amide bonds. The van der Waals surface area contributed by atoms with E-state index in [1.54, 1.807) is 29.1 Å². The van der Waals surface area contributed by atoms with Crippen LogP contribution < -0.4 is 5.32 Å². The molecular formula is C16H18FN3O2. The van der Waals surface area contributed by atoms with E-state index in [-0.39, 0.29) is 17.3 Å². The molecule has 2 aromatic rings. The minimum absolute atomic E-state index is 0.228. The first-order valence-electron chi connectivity index (χ1n) is 7.28. The van der Waals surface area contributed by atoms with Gasteiger partial charge in [0.15, 0.2) is 5.69 Å². The molecule has 0 saturated carbocycles. The number of hydrogen-bond acceptors (Lipinski definition) is 3. The number of rotatable bonds is 3. The predicted molar refractivity (Wildman–Crippen MR) is 79.4 cm³/mol. The molecule has 1 N–H and O–H groups in total. The lowest BCUT2D eigenvalue weighted by Gasteiger charge is -2.33. The van der Waals surface area contributed by atoms with Crippen molar-refractivity contribution in [2.24, 2.45) is 0 Å². The molecule has 1 aromatic heterocycles. The molecule has 116 valence electrons. The van der Waals surface area contributed by atoms with Crippen molar-refractivity contribution < 1.29 is 13.9 Å². The quantitative estimate of drug-likeness (QED) is 0.946. The number of halogens is 1. The third-order valence-corrected chi connectivity index (χ3v) is 3.77. The van der Waals surface area contributed by atoms with Gasteiger partial charge in [0.1, 0.15) is 5.82 Å². The maximum absolute atomic E-state index is 12.9. The summed E-state index contributed by atoms with van der Waals surface area (Å²) in [6.07, 6.45) is 3.50. The van der Waals surface area contributed by atoms with Crippen molar-refractivity contribution in [1.29, 1.82) is 0 Å². The van der Waals surface area contributed by atoms with Crippen LogP contribution in [0.3, 0.4) is 0 Å². The Balaban J connectivity index is 1.73. The van der Waals surface area contributed by atoms with E-state index >= 15 is 0 Å². The number of aromatic nitrogens is 2. The summed E-state index contributed by atoms with van der Waals surface area (Å²) in [5.74, 6) is -0.534. The average molecular weight is 303 g/mol. The van der Waals surface area contributed by atoms with Crippen LogP contribution in [-0.2, 0) is 4.74 Å². The molecule has 5 nitrogen and oxygen atoms in total. The zero-order valence-electron chi connectivity index (χ0n) is 12.4. The number of amides is 1. The molecule has 1 atom stereocenters. The first-order chi connectivity index (χ1) is 10.6. The number of hydrogen-bond donors (Lipinski definition) is 1. The second kappa shape index (κ2) is 5.88. The number of ether oxygens (including phenoxy) is 1. The molecule has 3 rings (SSSR count). The highest BCUT2D eigenvalue weighted by atomic mass is 19.1. The molecule has 0 bridgehead atoms. The van der Waals surface area contributed by atoms with Gasteiger partial charge >= 0.3 is 0 Å². The molecule has 1 saturated heterocycles. The van der Waals surface area contributed by atoms with Crippen LogP contribution in [0.15, 0.2) is 36.5 Å². The molecule has 0 radical (unpaired) electrons. The van der Waals surface area contributed by atoms with Crippen LogP contribution in [0.4, 0.5) is 4.39 Å². The maximum Gasteiger partial charge on any atom is 0.272 e. The Morgan fingerprint density at radius 2 is 2.14 bits per heavy atom. The highest BCUT2D eigenvalue weighted by Gasteiger charge is 2.30. The van der Waals surface area contributed by atoms with Gasteiger partial charge in [-0.05, 0) is 50.1 Å². The summed E-state index contributed by atoms with van der Waals surface area (Å²) in [6, 6.07) is 7.58. The van der Waals surface area contributed by atoms with Gasteiger partial charge in [-0.15, -0.1) is 0 Å². The zero-order valence-corrected chi connectivity index (χ0v) is 12.4. The third kappa shape index (κ3) is 3.17. The summed E-state index contributed by atoms with van der Waals surface area (Å²) in [7, 11) is 0. The minimum atomic E-state index is -0.352. The standard InChI is InChI=1S/C16H18FN3O2/c1-16(8-2-10-22-11-16)18-15(21)14-7-9-20(19-14)13-5-3-12(17)4-6-13/h3-7,9H,2,8,10-11H2,1H3,(H,18,21). The van der Waals surface area contributed by atoms with Gasteiger partial charge in [0.05, 0.1) is 17.8 Å². The van der Waals surface area contributed by atoms with E-state index in [1.807, 2.05) is 6.92 Å². The monoisotopic (exact) mass is 303 g/mol. The van der Waals surface area contributed by atoms with E-state index in [2.05, 4.69) is 10.4 Å². The fraction of sp³-hybridized carbons (Fsp3) is 0.375. The van der Waals surface area contributed by atoms with E-state index in [0.717, 1.165) is 19.4 Å². The van der Waals surface area contributed by atoms with Gasteiger partial charge in [0.2, 0.25) is 0 Å². The van der Waals surface area contributed by atoms with Crippen LogP contribution in [0.2, 0.25) is 0 Å². The fourth-order valence-corrected chi connectivity index (χ4v) is 2.55. The number of nitrogens with zero attached hydrogens (tertiary/aromatic N) is 2. The van der Waals surface area contributed by atoms with Crippen LogP contribution in [0.25, 0.3) is 5.69 Å². The second-order valence-electron chi connectivity index (χ2n) is 5.79. The Hall–Kier alpha value is -2.21. The Morgan fingerprint density at radius 1 is 1.36 bits per heavy atom. The normalized spacial score (nSPS) is 21.5. The predicted octanol–water partition coefficient (Wildman–Crippen LogP) is 2.31. The number of carbonyl (C=O) groups excluding carboxylic acids is 1. The molecule has 1 unspecified atom stereocenters. The van der Waals surface area contributed by atoms with Crippen molar-refractivity contribution in [3.8, 4) is 5.69 Å². The Bertz CT molecular complexity index is 660. The topological polar surface area (TPSA) is 56.2 Å². The summed E-state index contributed by atoms with van der Waals surface area (Å²) in [6.45, 7) is 3.23. The third-order valence-electron chi connectivity index (χ3n) is 3.77. The van der Waals surface area contributed by atoms with E-state index < -0.39 is 0 Å². The smallest absolute Gasteiger partial charge is 0.272 e. The molecule has 6 heteroatoms. The number of nitrogens with one attached hydrogen (secondary N) is 1. The molecular weight excluding hydrogens is 285 g/mol. The van der Waals surface area contributed by atoms with E-state index in [1.165, 1.54) is 12.1 Å². The number of benzene rings is 1. The van der Waals surface area contributed by atoms with Crippen molar-refractivity contribution in [2.45, 2.75) is 25.3 Å². The first-order valence-corrected chi connectivity index (χ1v) is 7.28. The van der Waals surface area contributed by atoms with Gasteiger partial charge in [-0.1, -0.05) is 0 Å². The Morgan fingerprint density at radius 3 is 2.82 bits per heavy atom. The van der Waals surface area contributed by atoms with Crippen molar-refractivity contribution in [3.05, 3.63) is 48.0 Å². The summed E-state index contributed by atoms with van der Waals surface area (Å²) in [5.41, 5.74) is 0.679. The van der Waals surface area contributed by atoms with Crippen molar-refractivity contribution in [2.75, 3.05) is 13.2 Å². The highest BCUT2D eigenvalue weighted by molar-refractivity contribution is 5.92. The summed E-state index contributed by atoms with van der Waals surface area (Å²) >= 11 is 0. The van der Waals surface area contributed by atoms with Crippen LogP contribution in [-0.4, -0.2) is 34.4 Å². The van der Waals surface area contributed by atoms with E-state index in [4.69, 9.17) is 4.74 Å². The van der Waals surface area contributed by atoms with E-state index in [0.29, 0.717) is 18.0 Å². The molecule has 1 aromatic carbocycles. The Labute approximate surface area is 128 Å². The second-order valence-corrected chi connectivity index (χ2v) is 5.79. The Kier molecular flexibility index (Phi) is 3.94. The maximum atomic E-state index is 12.9. The molecule has 22 heavy (non-hydrogen) atoms. The molecule has 1 fully saturated rings. The highest BCUT2D eigenvalue weighted by Crippen LogP contribution is 2.19. The van der Waals surface area contributed by atoms with Gasteiger partial charge in [0.25, 0.3) is 5.91 Å². The first kappa shape index (κ1) is 14.7. The number of carbonyl (C=O) groups is 1. The summed E-state index contributed by atoms with van der Waals surface area (Å²) < 4.78 is 19.9. The molecule has 1 aliphatic heterocycles. The van der Waals surface area contributed by atoms with Crippen LogP contribution in [0.5, 0.6) is 0 Å². The molecule has 2 heterocycles. The van der Waals surface area contributed by atoms with E-state index in [9.17, 15) is 9.18 Å². The van der Waals surface area contributed by atoms with Crippen LogP contribution in [0.1, 0.15) is 30.3 Å². The largest absolute Gasteiger partial charge is 0.379 e. The summed E-state index contributed by atoms with van der Waals surface area (Å²) in [5, 5.41) is 7.23. The average Bonchev–Trinajstić information content (AvgIpc) is 2.98. The van der Waals surface area contributed by atoms with Gasteiger partial charge in [-0.25, -0.2) is 9.07 Å².